The van der Waals surface area contributed by atoms with E-state index in [4.69, 9.17) is 4.74 Å². The van der Waals surface area contributed by atoms with E-state index >= 15 is 4.39 Å². The van der Waals surface area contributed by atoms with Gasteiger partial charge in [-0.3, -0.25) is 23.8 Å². The van der Waals surface area contributed by atoms with Crippen molar-refractivity contribution in [1.82, 2.24) is 23.9 Å². The Morgan fingerprint density at radius 3 is 2.51 bits per heavy atom. The van der Waals surface area contributed by atoms with E-state index in [2.05, 4.69) is 10.1 Å². The first-order chi connectivity index (χ1) is 19.6. The fraction of sp³-hybridized carbons (Fsp3) is 0.167. The summed E-state index contributed by atoms with van der Waals surface area (Å²) in [5, 5.41) is 4.12. The quantitative estimate of drug-likeness (QED) is 0.252. The summed E-state index contributed by atoms with van der Waals surface area (Å²) in [6, 6.07) is 11.9. The van der Waals surface area contributed by atoms with Crippen LogP contribution in [0.5, 0.6) is 11.5 Å². The van der Waals surface area contributed by atoms with E-state index in [-0.39, 0.29) is 23.4 Å². The van der Waals surface area contributed by atoms with Crippen molar-refractivity contribution in [2.75, 3.05) is 0 Å². The van der Waals surface area contributed by atoms with Crippen LogP contribution in [-0.4, -0.2) is 29.7 Å². The van der Waals surface area contributed by atoms with Crippen LogP contribution in [0.3, 0.4) is 0 Å². The van der Waals surface area contributed by atoms with Gasteiger partial charge in [-0.2, -0.15) is 5.10 Å². The summed E-state index contributed by atoms with van der Waals surface area (Å²) in [5.41, 5.74) is -0.197. The third kappa shape index (κ3) is 5.74. The third-order valence-corrected chi connectivity index (χ3v) is 6.36. The normalized spacial score (nSPS) is 11.2. The molecule has 0 aliphatic rings. The van der Waals surface area contributed by atoms with Crippen LogP contribution in [0.15, 0.2) is 89.0 Å². The average molecular weight is 558 g/mol. The van der Waals surface area contributed by atoms with Crippen molar-refractivity contribution < 1.29 is 18.3 Å². The number of ketones is 1. The molecule has 0 saturated carbocycles. The molecule has 0 aliphatic heterocycles. The molecule has 0 saturated heterocycles. The smallest absolute Gasteiger partial charge is 0.335 e. The summed E-state index contributed by atoms with van der Waals surface area (Å²) in [7, 11) is 1.78. The summed E-state index contributed by atoms with van der Waals surface area (Å²) >= 11 is 0. The van der Waals surface area contributed by atoms with Gasteiger partial charge in [-0.25, -0.2) is 18.1 Å². The van der Waals surface area contributed by atoms with Gasteiger partial charge in [-0.1, -0.05) is 12.1 Å². The summed E-state index contributed by atoms with van der Waals surface area (Å²) in [4.78, 5) is 43.8. The summed E-state index contributed by atoms with van der Waals surface area (Å²) in [6.07, 6.45) is 5.87. The Balaban J connectivity index is 1.41. The van der Waals surface area contributed by atoms with Gasteiger partial charge in [0, 0.05) is 49.7 Å². The highest BCUT2D eigenvalue weighted by Crippen LogP contribution is 2.28. The number of benzene rings is 2. The fourth-order valence-electron chi connectivity index (χ4n) is 4.31. The molecule has 41 heavy (non-hydrogen) atoms. The molecule has 0 radical (unpaired) electrons. The number of aryl methyl sites for hydroxylation is 1. The lowest BCUT2D eigenvalue weighted by molar-refractivity contribution is 0.0990. The van der Waals surface area contributed by atoms with Crippen molar-refractivity contribution >= 4 is 5.78 Å². The van der Waals surface area contributed by atoms with Crippen molar-refractivity contribution in [3.05, 3.63) is 123 Å². The largest absolute Gasteiger partial charge is 0.454 e. The minimum absolute atomic E-state index is 0.000562. The van der Waals surface area contributed by atoms with Gasteiger partial charge < -0.3 is 4.74 Å². The highest BCUT2D eigenvalue weighted by molar-refractivity contribution is 5.97. The molecule has 5 rings (SSSR count). The summed E-state index contributed by atoms with van der Waals surface area (Å²) in [5.74, 6) is -1.68. The maximum atomic E-state index is 15.0. The molecule has 5 aromatic rings. The number of hydrogen-bond acceptors (Lipinski definition) is 6. The number of aromatic nitrogens is 5. The van der Waals surface area contributed by atoms with Crippen LogP contribution in [0.1, 0.15) is 35.8 Å². The number of nitrogens with zero attached hydrogens (tertiary/aromatic N) is 5. The van der Waals surface area contributed by atoms with E-state index in [9.17, 15) is 18.8 Å². The van der Waals surface area contributed by atoms with E-state index in [0.717, 1.165) is 22.3 Å². The molecule has 208 valence electrons. The molecule has 3 aromatic heterocycles. The van der Waals surface area contributed by atoms with Crippen molar-refractivity contribution in [2.45, 2.75) is 26.3 Å². The first-order valence-corrected chi connectivity index (χ1v) is 12.7. The molecule has 2 aromatic carbocycles. The lowest BCUT2D eigenvalue weighted by atomic mass is 10.0. The monoisotopic (exact) mass is 557 g/mol. The van der Waals surface area contributed by atoms with Gasteiger partial charge in [0.05, 0.1) is 17.6 Å². The highest BCUT2D eigenvalue weighted by Gasteiger charge is 2.21. The number of hydrogen-bond donors (Lipinski definition) is 0. The lowest BCUT2D eigenvalue weighted by Gasteiger charge is -2.15. The van der Waals surface area contributed by atoms with Gasteiger partial charge in [0.25, 0.3) is 5.56 Å². The van der Waals surface area contributed by atoms with Crippen molar-refractivity contribution in [2.24, 2.45) is 7.05 Å². The standard InChI is InChI=1S/C30H25F2N5O4/c1-18(2)36-17-24(29(39)37(30(36)40)22-6-4-5-21(31)13-22)27(38)12-19-7-8-28(25(32)11-19)41-23-9-10-33-26(14-23)20-15-34-35(3)16-20/h4-11,13-18H,12H2,1-3H3. The SMILES string of the molecule is CC(C)n1cc(C(=O)Cc2ccc(Oc3ccnc(-c4cnn(C)c4)c3)c(F)c2)c(=O)n(-c2cccc(F)c2)c1=O. The number of rotatable bonds is 8. The van der Waals surface area contributed by atoms with Crippen molar-refractivity contribution in [3.63, 3.8) is 0 Å². The van der Waals surface area contributed by atoms with Crippen molar-refractivity contribution in [1.29, 1.82) is 0 Å². The first-order valence-electron chi connectivity index (χ1n) is 12.7. The zero-order valence-corrected chi connectivity index (χ0v) is 22.4. The number of Topliss-reactive ketones (excluding diaryl/α,β-unsaturated/α-hetero) is 1. The van der Waals surface area contributed by atoms with Crippen LogP contribution in [0.25, 0.3) is 16.9 Å². The second-order valence-corrected chi connectivity index (χ2v) is 9.69. The number of ether oxygens (including phenoxy) is 1. The van der Waals surface area contributed by atoms with E-state index in [1.807, 2.05) is 0 Å². The number of halogens is 2. The summed E-state index contributed by atoms with van der Waals surface area (Å²) in [6.45, 7) is 3.43. The topological polar surface area (TPSA) is 101 Å². The Morgan fingerprint density at radius 2 is 1.83 bits per heavy atom. The van der Waals surface area contributed by atoms with Crippen LogP contribution >= 0.6 is 0 Å². The molecule has 0 N–H and O–H groups in total. The number of pyridine rings is 1. The molecule has 0 aliphatic carbocycles. The molecule has 0 spiro atoms. The molecule has 0 fully saturated rings. The van der Waals surface area contributed by atoms with Gasteiger partial charge >= 0.3 is 5.69 Å². The molecule has 3 heterocycles. The molecule has 0 atom stereocenters. The Kier molecular flexibility index (Phi) is 7.43. The predicted molar refractivity (Wildman–Crippen MR) is 148 cm³/mol. The minimum atomic E-state index is -0.884. The van der Waals surface area contributed by atoms with Gasteiger partial charge in [-0.15, -0.1) is 0 Å². The second kappa shape index (κ2) is 11.1. The molecular weight excluding hydrogens is 532 g/mol. The molecular formula is C30H25F2N5O4. The van der Waals surface area contributed by atoms with Crippen molar-refractivity contribution in [3.8, 4) is 28.4 Å². The summed E-state index contributed by atoms with van der Waals surface area (Å²) < 4.78 is 38.3. The highest BCUT2D eigenvalue weighted by atomic mass is 19.1. The molecule has 11 heteroatoms. The van der Waals surface area contributed by atoms with E-state index in [0.29, 0.717) is 17.0 Å². The van der Waals surface area contributed by atoms with Gasteiger partial charge in [0.2, 0.25) is 0 Å². The first kappa shape index (κ1) is 27.4. The maximum absolute atomic E-state index is 15.0. The van der Waals surface area contributed by atoms with E-state index in [1.54, 1.807) is 50.1 Å². The maximum Gasteiger partial charge on any atom is 0.335 e. The van der Waals surface area contributed by atoms with E-state index in [1.165, 1.54) is 47.3 Å². The average Bonchev–Trinajstić information content (AvgIpc) is 3.36. The number of carbonyl (C=O) groups is 1. The predicted octanol–water partition coefficient (Wildman–Crippen LogP) is 4.87. The second-order valence-electron chi connectivity index (χ2n) is 9.69. The minimum Gasteiger partial charge on any atom is -0.454 e. The zero-order chi connectivity index (χ0) is 29.3. The van der Waals surface area contributed by atoms with Gasteiger partial charge in [0.15, 0.2) is 17.3 Å². The van der Waals surface area contributed by atoms with Crippen LogP contribution in [0, 0.1) is 11.6 Å². The molecule has 0 amide bonds. The molecule has 9 nitrogen and oxygen atoms in total. The van der Waals surface area contributed by atoms with Gasteiger partial charge in [0.1, 0.15) is 17.1 Å². The Bertz CT molecular complexity index is 1890. The molecule has 0 bridgehead atoms. The van der Waals surface area contributed by atoms with Crippen LogP contribution in [-0.2, 0) is 13.5 Å². The van der Waals surface area contributed by atoms with Gasteiger partial charge in [-0.05, 0) is 55.8 Å². The Hall–Kier alpha value is -5.19. The fourth-order valence-corrected chi connectivity index (χ4v) is 4.31. The van der Waals surface area contributed by atoms with Crippen LogP contribution in [0.2, 0.25) is 0 Å². The third-order valence-electron chi connectivity index (χ3n) is 6.36. The Labute approximate surface area is 232 Å². The van der Waals surface area contributed by atoms with Crippen LogP contribution < -0.4 is 16.0 Å². The Morgan fingerprint density at radius 1 is 1.02 bits per heavy atom. The zero-order valence-electron chi connectivity index (χ0n) is 22.4. The van der Waals surface area contributed by atoms with E-state index < -0.39 is 34.7 Å². The molecule has 0 unspecified atom stereocenters. The lowest BCUT2D eigenvalue weighted by Crippen LogP contribution is -2.42. The van der Waals surface area contributed by atoms with Crippen LogP contribution in [0.4, 0.5) is 8.78 Å². The number of carbonyl (C=O) groups excluding carboxylic acids is 1.